The lowest BCUT2D eigenvalue weighted by atomic mass is 9.92. The Bertz CT molecular complexity index is 490. The highest BCUT2D eigenvalue weighted by Crippen LogP contribution is 2.27. The summed E-state index contributed by atoms with van der Waals surface area (Å²) in [4.78, 5) is 0. The molecule has 0 saturated heterocycles. The number of benzene rings is 1. The normalized spacial score (nSPS) is 17.2. The molecule has 0 radical (unpaired) electrons. The zero-order chi connectivity index (χ0) is 15.1. The van der Waals surface area contributed by atoms with E-state index in [4.69, 9.17) is 0 Å². The molecule has 0 aliphatic heterocycles. The van der Waals surface area contributed by atoms with Gasteiger partial charge in [0.15, 0.2) is 0 Å². The van der Waals surface area contributed by atoms with Crippen molar-refractivity contribution < 1.29 is 0 Å². The minimum Gasteiger partial charge on any atom is -0.297 e. The number of thioether (sulfide) groups is 1. The molecule has 0 amide bonds. The topological polar surface area (TPSA) is 35.8 Å². The molecule has 3 heteroatoms. The minimum absolute atomic E-state index is 0.287. The van der Waals surface area contributed by atoms with E-state index in [1.54, 1.807) is 0 Å². The molecule has 1 unspecified atom stereocenters. The summed E-state index contributed by atoms with van der Waals surface area (Å²) in [5, 5.41) is 13.0. The fourth-order valence-electron chi connectivity index (χ4n) is 2.60. The van der Waals surface area contributed by atoms with Crippen LogP contribution in [0.3, 0.4) is 0 Å². The molecule has 1 aliphatic carbocycles. The van der Waals surface area contributed by atoms with Crippen LogP contribution in [-0.2, 0) is 5.75 Å². The molecule has 0 bridgehead atoms. The molecular weight excluding hydrogens is 276 g/mol. The van der Waals surface area contributed by atoms with Crippen LogP contribution < -0.4 is 5.32 Å². The molecule has 1 fully saturated rings. The van der Waals surface area contributed by atoms with Gasteiger partial charge in [-0.15, -0.1) is 0 Å². The molecule has 21 heavy (non-hydrogen) atoms. The standard InChI is InChI=1S/C18H26N2S/c1-3-18(14-19,20-17-8-9-17)10-5-11-21-13-16-7-4-6-15(2)12-16/h4,6-7,12,17,20H,3,5,8-11,13H2,1-2H3. The Balaban J connectivity index is 1.69. The predicted octanol–water partition coefficient (Wildman–Crippen LogP) is 4.43. The highest BCUT2D eigenvalue weighted by molar-refractivity contribution is 7.98. The first-order valence-electron chi connectivity index (χ1n) is 8.00. The smallest absolute Gasteiger partial charge is 0.106 e. The Morgan fingerprint density at radius 2 is 2.24 bits per heavy atom. The summed E-state index contributed by atoms with van der Waals surface area (Å²) in [5.74, 6) is 2.20. The van der Waals surface area contributed by atoms with Crippen molar-refractivity contribution >= 4 is 11.8 Å². The Kier molecular flexibility index (Phi) is 6.14. The van der Waals surface area contributed by atoms with Crippen LogP contribution in [0.5, 0.6) is 0 Å². The van der Waals surface area contributed by atoms with E-state index < -0.39 is 0 Å². The van der Waals surface area contributed by atoms with Gasteiger partial charge in [0.1, 0.15) is 5.54 Å². The molecule has 1 N–H and O–H groups in total. The second-order valence-electron chi connectivity index (χ2n) is 6.11. The van der Waals surface area contributed by atoms with Gasteiger partial charge in [-0.3, -0.25) is 5.32 Å². The van der Waals surface area contributed by atoms with Gasteiger partial charge in [0.2, 0.25) is 0 Å². The fourth-order valence-corrected chi connectivity index (χ4v) is 3.51. The molecule has 1 aromatic carbocycles. The van der Waals surface area contributed by atoms with Gasteiger partial charge in [-0.05, 0) is 50.3 Å². The molecule has 0 spiro atoms. The van der Waals surface area contributed by atoms with Crippen LogP contribution in [-0.4, -0.2) is 17.3 Å². The zero-order valence-electron chi connectivity index (χ0n) is 13.2. The SMILES string of the molecule is CCC(C#N)(CCCSCc1cccc(C)c1)NC1CC1. The van der Waals surface area contributed by atoms with E-state index in [2.05, 4.69) is 49.5 Å². The van der Waals surface area contributed by atoms with Crippen LogP contribution in [0.2, 0.25) is 0 Å². The predicted molar refractivity (Wildman–Crippen MR) is 91.4 cm³/mol. The number of rotatable bonds is 9. The second kappa shape index (κ2) is 7.87. The summed E-state index contributed by atoms with van der Waals surface area (Å²) in [7, 11) is 0. The van der Waals surface area contributed by atoms with Gasteiger partial charge in [-0.1, -0.05) is 36.8 Å². The summed E-state index contributed by atoms with van der Waals surface area (Å²) in [6, 6.07) is 11.9. The van der Waals surface area contributed by atoms with Crippen molar-refractivity contribution in [2.75, 3.05) is 5.75 Å². The number of aryl methyl sites for hydroxylation is 1. The Morgan fingerprint density at radius 1 is 1.43 bits per heavy atom. The lowest BCUT2D eigenvalue weighted by Gasteiger charge is -2.26. The van der Waals surface area contributed by atoms with Crippen molar-refractivity contribution in [3.63, 3.8) is 0 Å². The molecule has 0 heterocycles. The third-order valence-corrected chi connectivity index (χ3v) is 5.23. The van der Waals surface area contributed by atoms with E-state index in [9.17, 15) is 5.26 Å². The first-order chi connectivity index (χ1) is 10.2. The highest BCUT2D eigenvalue weighted by Gasteiger charge is 2.34. The van der Waals surface area contributed by atoms with Crippen molar-refractivity contribution in [3.05, 3.63) is 35.4 Å². The number of nitrogens with one attached hydrogen (secondary N) is 1. The number of nitriles is 1. The molecule has 1 saturated carbocycles. The summed E-state index contributed by atoms with van der Waals surface area (Å²) < 4.78 is 0. The Labute approximate surface area is 133 Å². The van der Waals surface area contributed by atoms with E-state index in [-0.39, 0.29) is 5.54 Å². The molecule has 1 aliphatic rings. The van der Waals surface area contributed by atoms with Crippen molar-refractivity contribution in [1.82, 2.24) is 5.32 Å². The zero-order valence-corrected chi connectivity index (χ0v) is 14.0. The van der Waals surface area contributed by atoms with Gasteiger partial charge in [0.25, 0.3) is 0 Å². The van der Waals surface area contributed by atoms with Crippen molar-refractivity contribution in [3.8, 4) is 6.07 Å². The van der Waals surface area contributed by atoms with Crippen LogP contribution in [0.4, 0.5) is 0 Å². The van der Waals surface area contributed by atoms with E-state index in [0.717, 1.165) is 30.8 Å². The third-order valence-electron chi connectivity index (χ3n) is 4.12. The first-order valence-corrected chi connectivity index (χ1v) is 9.15. The van der Waals surface area contributed by atoms with E-state index >= 15 is 0 Å². The van der Waals surface area contributed by atoms with Gasteiger partial charge < -0.3 is 0 Å². The maximum atomic E-state index is 9.50. The van der Waals surface area contributed by atoms with E-state index in [0.29, 0.717) is 6.04 Å². The van der Waals surface area contributed by atoms with Crippen LogP contribution >= 0.6 is 11.8 Å². The maximum Gasteiger partial charge on any atom is 0.106 e. The molecular formula is C18H26N2S. The third kappa shape index (κ3) is 5.37. The van der Waals surface area contributed by atoms with Crippen molar-refractivity contribution in [1.29, 1.82) is 5.26 Å². The second-order valence-corrected chi connectivity index (χ2v) is 7.22. The molecule has 0 aromatic heterocycles. The van der Waals surface area contributed by atoms with Gasteiger partial charge in [0.05, 0.1) is 6.07 Å². The Morgan fingerprint density at radius 3 is 2.86 bits per heavy atom. The van der Waals surface area contributed by atoms with Crippen LogP contribution in [0.15, 0.2) is 24.3 Å². The van der Waals surface area contributed by atoms with Crippen LogP contribution in [0, 0.1) is 18.3 Å². The maximum absolute atomic E-state index is 9.50. The van der Waals surface area contributed by atoms with E-state index in [1.165, 1.54) is 24.0 Å². The van der Waals surface area contributed by atoms with Crippen molar-refractivity contribution in [2.24, 2.45) is 0 Å². The summed E-state index contributed by atoms with van der Waals surface area (Å²) in [6.07, 6.45) is 5.47. The van der Waals surface area contributed by atoms with Crippen LogP contribution in [0.1, 0.15) is 50.2 Å². The number of hydrogen-bond acceptors (Lipinski definition) is 3. The molecule has 1 aromatic rings. The summed E-state index contributed by atoms with van der Waals surface area (Å²) >= 11 is 1.97. The quantitative estimate of drug-likeness (QED) is 0.685. The van der Waals surface area contributed by atoms with Crippen molar-refractivity contribution in [2.45, 2.75) is 63.3 Å². The average molecular weight is 302 g/mol. The molecule has 2 nitrogen and oxygen atoms in total. The van der Waals surface area contributed by atoms with E-state index in [1.807, 2.05) is 11.8 Å². The first kappa shape index (κ1) is 16.4. The number of hydrogen-bond donors (Lipinski definition) is 1. The molecule has 2 rings (SSSR count). The van der Waals surface area contributed by atoms with Gasteiger partial charge >= 0.3 is 0 Å². The van der Waals surface area contributed by atoms with Gasteiger partial charge in [-0.25, -0.2) is 0 Å². The number of nitrogens with zero attached hydrogens (tertiary/aromatic N) is 1. The highest BCUT2D eigenvalue weighted by atomic mass is 32.2. The average Bonchev–Trinajstić information content (AvgIpc) is 3.30. The van der Waals surface area contributed by atoms with Gasteiger partial charge in [0, 0.05) is 11.8 Å². The lowest BCUT2D eigenvalue weighted by molar-refractivity contribution is 0.367. The largest absolute Gasteiger partial charge is 0.297 e. The van der Waals surface area contributed by atoms with Gasteiger partial charge in [-0.2, -0.15) is 17.0 Å². The summed E-state index contributed by atoms with van der Waals surface area (Å²) in [6.45, 7) is 4.26. The summed E-state index contributed by atoms with van der Waals surface area (Å²) in [5.41, 5.74) is 2.44. The lowest BCUT2D eigenvalue weighted by Crippen LogP contribution is -2.44. The molecule has 1 atom stereocenters. The Hall–Kier alpha value is -0.980. The molecule has 114 valence electrons. The fraction of sp³-hybridized carbons (Fsp3) is 0.611. The monoisotopic (exact) mass is 302 g/mol. The van der Waals surface area contributed by atoms with Crippen LogP contribution in [0.25, 0.3) is 0 Å². The minimum atomic E-state index is -0.287.